The number of hydrogen-bond acceptors (Lipinski definition) is 2. The lowest BCUT2D eigenvalue weighted by molar-refractivity contribution is 0.737. The fourth-order valence-electron chi connectivity index (χ4n) is 0.773. The summed E-state index contributed by atoms with van der Waals surface area (Å²) in [7, 11) is 0. The van der Waals surface area contributed by atoms with Gasteiger partial charge in [0.2, 0.25) is 0 Å². The van der Waals surface area contributed by atoms with E-state index in [-0.39, 0.29) is 0 Å². The SMILES string of the molecule is O=NNCc1ccc(Cl)c(Cl)c1. The van der Waals surface area contributed by atoms with Gasteiger partial charge in [-0.15, -0.1) is 4.91 Å². The first kappa shape index (κ1) is 9.29. The van der Waals surface area contributed by atoms with E-state index in [1.54, 1.807) is 18.2 Å². The van der Waals surface area contributed by atoms with Gasteiger partial charge in [-0.05, 0) is 17.7 Å². The van der Waals surface area contributed by atoms with Gasteiger partial charge in [0.15, 0.2) is 0 Å². The second-order valence-electron chi connectivity index (χ2n) is 2.17. The van der Waals surface area contributed by atoms with E-state index in [1.807, 2.05) is 0 Å². The summed E-state index contributed by atoms with van der Waals surface area (Å²) in [6.07, 6.45) is 0. The van der Waals surface area contributed by atoms with E-state index >= 15 is 0 Å². The molecular formula is C7H6Cl2N2O. The van der Waals surface area contributed by atoms with Crippen molar-refractivity contribution in [2.75, 3.05) is 0 Å². The molecule has 0 radical (unpaired) electrons. The van der Waals surface area contributed by atoms with Crippen LogP contribution in [0.4, 0.5) is 0 Å². The third kappa shape index (κ3) is 2.36. The van der Waals surface area contributed by atoms with Crippen molar-refractivity contribution in [2.24, 2.45) is 5.29 Å². The Morgan fingerprint density at radius 3 is 2.67 bits per heavy atom. The Morgan fingerprint density at radius 2 is 2.08 bits per heavy atom. The van der Waals surface area contributed by atoms with Gasteiger partial charge in [-0.25, -0.2) is 0 Å². The monoisotopic (exact) mass is 204 g/mol. The first-order chi connectivity index (χ1) is 5.74. The number of nitrogens with one attached hydrogen (secondary N) is 1. The number of hydrogen-bond donors (Lipinski definition) is 1. The molecule has 1 aromatic carbocycles. The molecule has 12 heavy (non-hydrogen) atoms. The predicted octanol–water partition coefficient (Wildman–Crippen LogP) is 2.76. The standard InChI is InChI=1S/C7H6Cl2N2O/c8-6-2-1-5(3-7(6)9)4-10-11-12/h1-3H,4H2,(H,10,12). The molecule has 0 saturated carbocycles. The first-order valence-electron chi connectivity index (χ1n) is 3.23. The van der Waals surface area contributed by atoms with Gasteiger partial charge in [0.05, 0.1) is 16.6 Å². The van der Waals surface area contributed by atoms with E-state index in [2.05, 4.69) is 10.7 Å². The molecule has 0 aliphatic rings. The van der Waals surface area contributed by atoms with Crippen molar-refractivity contribution in [1.82, 2.24) is 5.43 Å². The molecule has 1 rings (SSSR count). The number of nitrogens with zero attached hydrogens (tertiary/aromatic N) is 1. The van der Waals surface area contributed by atoms with E-state index in [0.717, 1.165) is 5.56 Å². The molecule has 0 unspecified atom stereocenters. The molecule has 0 atom stereocenters. The number of benzene rings is 1. The maximum Gasteiger partial charge on any atom is 0.0612 e. The van der Waals surface area contributed by atoms with E-state index < -0.39 is 0 Å². The zero-order valence-corrected chi connectivity index (χ0v) is 7.56. The van der Waals surface area contributed by atoms with Gasteiger partial charge in [-0.2, -0.15) is 0 Å². The molecule has 5 heteroatoms. The Balaban J connectivity index is 2.75. The molecule has 0 fully saturated rings. The third-order valence-corrected chi connectivity index (χ3v) is 2.07. The van der Waals surface area contributed by atoms with Gasteiger partial charge < -0.3 is 0 Å². The average Bonchev–Trinajstić information content (AvgIpc) is 2.07. The van der Waals surface area contributed by atoms with Gasteiger partial charge in [0.25, 0.3) is 0 Å². The third-order valence-electron chi connectivity index (χ3n) is 1.33. The van der Waals surface area contributed by atoms with Crippen LogP contribution >= 0.6 is 23.2 Å². The van der Waals surface area contributed by atoms with Gasteiger partial charge in [-0.1, -0.05) is 29.3 Å². The number of rotatable bonds is 3. The summed E-state index contributed by atoms with van der Waals surface area (Å²) in [5, 5.41) is 3.48. The van der Waals surface area contributed by atoms with Crippen LogP contribution in [0, 0.1) is 4.91 Å². The van der Waals surface area contributed by atoms with Crippen LogP contribution in [0.2, 0.25) is 10.0 Å². The molecular weight excluding hydrogens is 199 g/mol. The van der Waals surface area contributed by atoms with Crippen molar-refractivity contribution in [3.8, 4) is 0 Å². The van der Waals surface area contributed by atoms with Crippen molar-refractivity contribution in [3.63, 3.8) is 0 Å². The van der Waals surface area contributed by atoms with Crippen LogP contribution in [0.5, 0.6) is 0 Å². The highest BCUT2D eigenvalue weighted by atomic mass is 35.5. The summed E-state index contributed by atoms with van der Waals surface area (Å²) in [6, 6.07) is 5.13. The summed E-state index contributed by atoms with van der Waals surface area (Å²) in [5.41, 5.74) is 3.14. The molecule has 0 saturated heterocycles. The van der Waals surface area contributed by atoms with E-state index in [1.165, 1.54) is 0 Å². The Morgan fingerprint density at radius 1 is 1.33 bits per heavy atom. The molecule has 0 bridgehead atoms. The Kier molecular flexibility index (Phi) is 3.31. The normalized spacial score (nSPS) is 9.50. The largest absolute Gasteiger partial charge is 0.269 e. The summed E-state index contributed by atoms with van der Waals surface area (Å²) < 4.78 is 0. The van der Waals surface area contributed by atoms with Gasteiger partial charge in [0, 0.05) is 5.29 Å². The molecule has 64 valence electrons. The van der Waals surface area contributed by atoms with Gasteiger partial charge in [0.1, 0.15) is 0 Å². The smallest absolute Gasteiger partial charge is 0.0612 e. The molecule has 0 aliphatic carbocycles. The van der Waals surface area contributed by atoms with E-state index in [9.17, 15) is 4.91 Å². The topological polar surface area (TPSA) is 41.5 Å². The Hall–Kier alpha value is -0.800. The van der Waals surface area contributed by atoms with Gasteiger partial charge >= 0.3 is 0 Å². The maximum atomic E-state index is 9.71. The molecule has 3 nitrogen and oxygen atoms in total. The zero-order valence-electron chi connectivity index (χ0n) is 6.05. The molecule has 0 aliphatic heterocycles. The van der Waals surface area contributed by atoms with Crippen LogP contribution in [0.1, 0.15) is 5.56 Å². The second kappa shape index (κ2) is 4.28. The summed E-state index contributed by atoms with van der Waals surface area (Å²) in [5.74, 6) is 0. The van der Waals surface area contributed by atoms with Crippen LogP contribution < -0.4 is 5.43 Å². The molecule has 0 spiro atoms. The number of nitroso groups, excluding NO2 is 1. The van der Waals surface area contributed by atoms with Crippen molar-refractivity contribution in [1.29, 1.82) is 0 Å². The van der Waals surface area contributed by atoms with Crippen LogP contribution in [0.25, 0.3) is 0 Å². The molecule has 0 amide bonds. The summed E-state index contributed by atoms with van der Waals surface area (Å²) in [6.45, 7) is 0.361. The van der Waals surface area contributed by atoms with Crippen LogP contribution in [-0.2, 0) is 6.54 Å². The highest BCUT2D eigenvalue weighted by Crippen LogP contribution is 2.22. The fraction of sp³-hybridized carbons (Fsp3) is 0.143. The summed E-state index contributed by atoms with van der Waals surface area (Å²) >= 11 is 11.4. The maximum absolute atomic E-state index is 9.71. The Bertz CT molecular complexity index is 291. The molecule has 1 N–H and O–H groups in total. The Labute approximate surface area is 79.6 Å². The quantitative estimate of drug-likeness (QED) is 0.608. The lowest BCUT2D eigenvalue weighted by Crippen LogP contribution is -2.02. The highest BCUT2D eigenvalue weighted by molar-refractivity contribution is 6.41. The summed E-state index contributed by atoms with van der Waals surface area (Å²) in [4.78, 5) is 9.71. The minimum absolute atomic E-state index is 0.361. The molecule has 0 heterocycles. The fourth-order valence-corrected chi connectivity index (χ4v) is 1.09. The number of halogens is 2. The lowest BCUT2D eigenvalue weighted by atomic mass is 10.2. The second-order valence-corrected chi connectivity index (χ2v) is 2.99. The highest BCUT2D eigenvalue weighted by Gasteiger charge is 1.98. The van der Waals surface area contributed by atoms with E-state index in [0.29, 0.717) is 16.6 Å². The van der Waals surface area contributed by atoms with Crippen molar-refractivity contribution < 1.29 is 0 Å². The van der Waals surface area contributed by atoms with Crippen molar-refractivity contribution in [2.45, 2.75) is 6.54 Å². The minimum atomic E-state index is 0.361. The zero-order chi connectivity index (χ0) is 8.97. The van der Waals surface area contributed by atoms with Crippen LogP contribution in [0.15, 0.2) is 23.5 Å². The van der Waals surface area contributed by atoms with E-state index in [4.69, 9.17) is 23.2 Å². The average molecular weight is 205 g/mol. The van der Waals surface area contributed by atoms with Crippen molar-refractivity contribution in [3.05, 3.63) is 38.7 Å². The minimum Gasteiger partial charge on any atom is -0.269 e. The first-order valence-corrected chi connectivity index (χ1v) is 3.99. The molecule has 1 aromatic rings. The van der Waals surface area contributed by atoms with Crippen LogP contribution in [0.3, 0.4) is 0 Å². The lowest BCUT2D eigenvalue weighted by Gasteiger charge is -2.00. The predicted molar refractivity (Wildman–Crippen MR) is 49.1 cm³/mol. The van der Waals surface area contributed by atoms with Gasteiger partial charge in [-0.3, -0.25) is 5.43 Å². The van der Waals surface area contributed by atoms with Crippen LogP contribution in [-0.4, -0.2) is 0 Å². The molecule has 0 aromatic heterocycles. The van der Waals surface area contributed by atoms with Crippen molar-refractivity contribution >= 4 is 23.2 Å².